The quantitative estimate of drug-likeness (QED) is 0.670. The number of aliphatic hydroxyl groups is 2. The molecule has 8 nitrogen and oxygen atoms in total. The normalized spacial score (nSPS) is 36.9. The summed E-state index contributed by atoms with van der Waals surface area (Å²) in [5, 5.41) is 19.3. The van der Waals surface area contributed by atoms with Crippen molar-refractivity contribution < 1.29 is 23.7 Å². The third kappa shape index (κ3) is 1.30. The molecule has 0 amide bonds. The highest BCUT2D eigenvalue weighted by molar-refractivity contribution is 5.81. The summed E-state index contributed by atoms with van der Waals surface area (Å²) in [7, 11) is 0. The number of aliphatic hydroxyl groups excluding tert-OH is 2. The van der Waals surface area contributed by atoms with E-state index in [2.05, 4.69) is 15.0 Å². The van der Waals surface area contributed by atoms with Crippen molar-refractivity contribution in [3.63, 3.8) is 0 Å². The van der Waals surface area contributed by atoms with Crippen LogP contribution < -0.4 is 5.73 Å². The number of anilines is 1. The first-order valence-electron chi connectivity index (χ1n) is 6.21. The van der Waals surface area contributed by atoms with Gasteiger partial charge >= 0.3 is 0 Å². The van der Waals surface area contributed by atoms with Crippen LogP contribution in [-0.4, -0.2) is 54.0 Å². The van der Waals surface area contributed by atoms with E-state index < -0.39 is 36.4 Å². The largest absolute Gasteiger partial charge is 0.393 e. The molecule has 0 radical (unpaired) electrons. The Morgan fingerprint density at radius 2 is 2.14 bits per heavy atom. The minimum absolute atomic E-state index is 0.138. The Balaban J connectivity index is 1.77. The van der Waals surface area contributed by atoms with E-state index in [9.17, 15) is 19.0 Å². The second kappa shape index (κ2) is 3.64. The van der Waals surface area contributed by atoms with Gasteiger partial charge in [0.1, 0.15) is 17.9 Å². The lowest BCUT2D eigenvalue weighted by Gasteiger charge is -2.23. The molecule has 0 aromatic carbocycles. The number of halogens is 2. The number of rotatable bonds is 2. The van der Waals surface area contributed by atoms with Crippen molar-refractivity contribution in [1.82, 2.24) is 19.5 Å². The Bertz CT molecular complexity index is 738. The number of alkyl halides is 2. The van der Waals surface area contributed by atoms with E-state index in [0.717, 1.165) is 0 Å². The highest BCUT2D eigenvalue weighted by Gasteiger charge is 2.89. The van der Waals surface area contributed by atoms with Crippen LogP contribution in [0.25, 0.3) is 11.2 Å². The summed E-state index contributed by atoms with van der Waals surface area (Å²) in [6, 6.07) is 0. The number of fused-ring (bicyclic) bond motifs is 2. The lowest BCUT2D eigenvalue weighted by atomic mass is 10.2. The summed E-state index contributed by atoms with van der Waals surface area (Å²) >= 11 is 0. The number of nitrogens with two attached hydrogens (primary N) is 1. The molecule has 10 heteroatoms. The summed E-state index contributed by atoms with van der Waals surface area (Å²) in [6.45, 7) is -0.873. The molecular formula is C11H11F2N5O3. The zero-order valence-corrected chi connectivity index (χ0v) is 10.5. The lowest BCUT2D eigenvalue weighted by Crippen LogP contribution is -2.32. The number of hydrogen-bond donors (Lipinski definition) is 3. The number of aromatic nitrogens is 4. The van der Waals surface area contributed by atoms with Crippen molar-refractivity contribution in [1.29, 1.82) is 0 Å². The predicted octanol–water partition coefficient (Wildman–Crippen LogP) is -0.706. The molecule has 1 saturated heterocycles. The number of imidazole rings is 1. The molecule has 2 fully saturated rings. The van der Waals surface area contributed by atoms with Gasteiger partial charge in [0.05, 0.1) is 18.9 Å². The van der Waals surface area contributed by atoms with Gasteiger partial charge in [0.15, 0.2) is 23.3 Å². The molecule has 21 heavy (non-hydrogen) atoms. The number of hydrogen-bond acceptors (Lipinski definition) is 7. The summed E-state index contributed by atoms with van der Waals surface area (Å²) in [5.41, 5.74) is 4.17. The summed E-state index contributed by atoms with van der Waals surface area (Å²) in [6.07, 6.45) is -0.104. The second-order valence-corrected chi connectivity index (χ2v) is 5.23. The van der Waals surface area contributed by atoms with Crippen molar-refractivity contribution in [2.24, 2.45) is 5.92 Å². The molecule has 1 aliphatic heterocycles. The van der Waals surface area contributed by atoms with E-state index in [1.165, 1.54) is 17.2 Å². The average molecular weight is 299 g/mol. The summed E-state index contributed by atoms with van der Waals surface area (Å²) < 4.78 is 33.8. The molecular weight excluding hydrogens is 288 g/mol. The van der Waals surface area contributed by atoms with Crippen LogP contribution in [0.15, 0.2) is 12.7 Å². The Morgan fingerprint density at radius 1 is 1.38 bits per heavy atom. The molecule has 4 atom stereocenters. The van der Waals surface area contributed by atoms with Gasteiger partial charge in [-0.15, -0.1) is 0 Å². The van der Waals surface area contributed by atoms with E-state index in [1.807, 2.05) is 0 Å². The van der Waals surface area contributed by atoms with Crippen molar-refractivity contribution in [2.75, 3.05) is 12.3 Å². The van der Waals surface area contributed by atoms with Crippen LogP contribution >= 0.6 is 0 Å². The van der Waals surface area contributed by atoms with Gasteiger partial charge in [-0.1, -0.05) is 0 Å². The van der Waals surface area contributed by atoms with Crippen LogP contribution in [0.4, 0.5) is 14.6 Å². The standard InChI is InChI=1S/C11H11F2N5O3/c12-11(13)6-5(20)9(21-10(6,11)1-19)18-3-17-4-7(14)15-2-16-8(4)18/h2-3,5-6,9,19-20H,1H2,(H2,14,15,16)/t5-,6-,9-,10+/m1/s1. The van der Waals surface area contributed by atoms with Gasteiger partial charge in [-0.05, 0) is 0 Å². The van der Waals surface area contributed by atoms with Crippen molar-refractivity contribution in [3.05, 3.63) is 12.7 Å². The molecule has 4 N–H and O–H groups in total. The van der Waals surface area contributed by atoms with Gasteiger partial charge in [-0.25, -0.2) is 23.7 Å². The fourth-order valence-electron chi connectivity index (χ4n) is 3.07. The topological polar surface area (TPSA) is 119 Å². The average Bonchev–Trinajstić information content (AvgIpc) is 2.79. The first-order chi connectivity index (χ1) is 9.94. The third-order valence-corrected chi connectivity index (χ3v) is 4.23. The maximum absolute atomic E-state index is 13.6. The fraction of sp³-hybridized carbons (Fsp3) is 0.545. The minimum atomic E-state index is -3.25. The second-order valence-electron chi connectivity index (χ2n) is 5.23. The van der Waals surface area contributed by atoms with E-state index in [0.29, 0.717) is 5.52 Å². The van der Waals surface area contributed by atoms with Gasteiger partial charge in [0, 0.05) is 0 Å². The van der Waals surface area contributed by atoms with Gasteiger partial charge in [0.2, 0.25) is 0 Å². The van der Waals surface area contributed by atoms with Crippen LogP contribution in [-0.2, 0) is 4.74 Å². The number of nitrogen functional groups attached to an aromatic ring is 1. The van der Waals surface area contributed by atoms with Crippen LogP contribution in [0.5, 0.6) is 0 Å². The Morgan fingerprint density at radius 3 is 2.81 bits per heavy atom. The van der Waals surface area contributed by atoms with Gasteiger partial charge in [-0.2, -0.15) is 0 Å². The third-order valence-electron chi connectivity index (χ3n) is 4.23. The van der Waals surface area contributed by atoms with Crippen LogP contribution in [0.3, 0.4) is 0 Å². The molecule has 0 bridgehead atoms. The van der Waals surface area contributed by atoms with E-state index in [-0.39, 0.29) is 11.5 Å². The van der Waals surface area contributed by atoms with Crippen LogP contribution in [0.2, 0.25) is 0 Å². The zero-order valence-electron chi connectivity index (χ0n) is 10.5. The van der Waals surface area contributed by atoms with E-state index in [4.69, 9.17) is 10.5 Å². The van der Waals surface area contributed by atoms with E-state index >= 15 is 0 Å². The molecule has 0 spiro atoms. The molecule has 1 saturated carbocycles. The highest BCUT2D eigenvalue weighted by Crippen LogP contribution is 2.69. The number of ether oxygens (including phenoxy) is 1. The maximum Gasteiger partial charge on any atom is 0.287 e. The van der Waals surface area contributed by atoms with Gasteiger partial charge in [0.25, 0.3) is 5.92 Å². The first-order valence-corrected chi connectivity index (χ1v) is 6.21. The maximum atomic E-state index is 13.6. The molecule has 2 aromatic heterocycles. The van der Waals surface area contributed by atoms with Crippen molar-refractivity contribution >= 4 is 17.0 Å². The molecule has 112 valence electrons. The molecule has 4 rings (SSSR count). The first kappa shape index (κ1) is 12.8. The van der Waals surface area contributed by atoms with Crippen molar-refractivity contribution in [3.8, 4) is 0 Å². The fourth-order valence-corrected chi connectivity index (χ4v) is 3.07. The smallest absolute Gasteiger partial charge is 0.287 e. The van der Waals surface area contributed by atoms with Gasteiger partial charge in [-0.3, -0.25) is 4.57 Å². The predicted molar refractivity (Wildman–Crippen MR) is 64.1 cm³/mol. The molecule has 1 aliphatic carbocycles. The zero-order chi connectivity index (χ0) is 15.0. The van der Waals surface area contributed by atoms with Crippen LogP contribution in [0.1, 0.15) is 6.23 Å². The molecule has 2 aromatic rings. The molecule has 2 aliphatic rings. The Kier molecular flexibility index (Phi) is 2.22. The lowest BCUT2D eigenvalue weighted by molar-refractivity contribution is -0.156. The van der Waals surface area contributed by atoms with Crippen molar-refractivity contribution in [2.45, 2.75) is 23.9 Å². The minimum Gasteiger partial charge on any atom is -0.393 e. The summed E-state index contributed by atoms with van der Waals surface area (Å²) in [4.78, 5) is 11.7. The summed E-state index contributed by atoms with van der Waals surface area (Å²) in [5.74, 6) is -4.56. The van der Waals surface area contributed by atoms with Gasteiger partial charge < -0.3 is 20.7 Å². The Labute approximate surface area is 116 Å². The van der Waals surface area contributed by atoms with Crippen LogP contribution in [0, 0.1) is 5.92 Å². The monoisotopic (exact) mass is 299 g/mol. The highest BCUT2D eigenvalue weighted by atomic mass is 19.3. The van der Waals surface area contributed by atoms with E-state index in [1.54, 1.807) is 0 Å². The molecule has 3 heterocycles. The SMILES string of the molecule is Nc1ncnc2c1ncn2[C@@H]1O[C@@]2(CO)[C@@H]([C@H]1O)C2(F)F. The number of nitrogens with zero attached hydrogens (tertiary/aromatic N) is 4. The molecule has 0 unspecified atom stereocenters. The Hall–Kier alpha value is -1.91.